The fourth-order valence-corrected chi connectivity index (χ4v) is 3.84. The van der Waals surface area contributed by atoms with Gasteiger partial charge in [0.1, 0.15) is 11.5 Å². The van der Waals surface area contributed by atoms with Crippen molar-refractivity contribution < 1.29 is 27.4 Å². The van der Waals surface area contributed by atoms with Gasteiger partial charge in [0.05, 0.1) is 24.7 Å². The molecule has 0 unspecified atom stereocenters. The number of benzene rings is 2. The second kappa shape index (κ2) is 9.83. The Morgan fingerprint density at radius 3 is 2.23 bits per heavy atom. The number of nitrogens with zero attached hydrogens (tertiary/aromatic N) is 1. The van der Waals surface area contributed by atoms with Gasteiger partial charge in [-0.15, -0.1) is 0 Å². The molecule has 0 atom stereocenters. The lowest BCUT2D eigenvalue weighted by Crippen LogP contribution is -2.23. The number of rotatable bonds is 7. The first-order valence-electron chi connectivity index (χ1n) is 10.8. The monoisotopic (exact) mass is 499 g/mol. The minimum absolute atomic E-state index is 0.190. The zero-order valence-corrected chi connectivity index (χ0v) is 21.3. The van der Waals surface area contributed by atoms with Gasteiger partial charge in [0.25, 0.3) is 5.91 Å². The smallest absolute Gasteiger partial charge is 0.255 e. The highest BCUT2D eigenvalue weighted by atomic mass is 32.2. The molecule has 10 heteroatoms. The molecule has 0 aliphatic carbocycles. The standard InChI is InChI=1S/C25H29N3O6S/c1-16-7-8-17(13-22(16)34-19-9-11-28(30)12-10-19)24(29)26-20-14-18(25(2,3)4)15-21(23(20)33-5)27-35(6,31)32/h7-15,27H,1-6H3,(H,26,29). The van der Waals surface area contributed by atoms with E-state index in [1.54, 1.807) is 30.3 Å². The molecule has 2 N–H and O–H groups in total. The van der Waals surface area contributed by atoms with Crippen molar-refractivity contribution in [3.63, 3.8) is 0 Å². The van der Waals surface area contributed by atoms with E-state index in [9.17, 15) is 18.4 Å². The molecule has 9 nitrogen and oxygen atoms in total. The van der Waals surface area contributed by atoms with Gasteiger partial charge in [-0.3, -0.25) is 9.52 Å². The minimum atomic E-state index is -3.59. The second-order valence-corrected chi connectivity index (χ2v) is 10.9. The maximum absolute atomic E-state index is 13.2. The SMILES string of the molecule is COc1c(NC(=O)c2ccc(C)c(Oc3cc[n+]([O-])cc3)c2)cc(C(C)(C)C)cc1NS(C)(=O)=O. The number of carbonyl (C=O) groups is 1. The Morgan fingerprint density at radius 2 is 1.66 bits per heavy atom. The Bertz CT molecular complexity index is 1350. The number of sulfonamides is 1. The molecule has 0 spiro atoms. The first-order chi connectivity index (χ1) is 16.3. The van der Waals surface area contributed by atoms with E-state index in [1.807, 2.05) is 27.7 Å². The van der Waals surface area contributed by atoms with Crippen molar-refractivity contribution in [3.8, 4) is 17.2 Å². The summed E-state index contributed by atoms with van der Waals surface area (Å²) in [5.41, 5.74) is 2.14. The predicted octanol–water partition coefficient (Wildman–Crippen LogP) is 4.35. The number of methoxy groups -OCH3 is 1. The van der Waals surface area contributed by atoms with Gasteiger partial charge >= 0.3 is 0 Å². The Kier molecular flexibility index (Phi) is 7.25. The van der Waals surface area contributed by atoms with E-state index in [0.29, 0.717) is 27.5 Å². The van der Waals surface area contributed by atoms with Crippen LogP contribution in [-0.4, -0.2) is 27.7 Å². The molecule has 2 aromatic carbocycles. The van der Waals surface area contributed by atoms with Crippen molar-refractivity contribution in [2.75, 3.05) is 23.4 Å². The molecule has 3 rings (SSSR count). The first kappa shape index (κ1) is 25.8. The van der Waals surface area contributed by atoms with Gasteiger partial charge in [0.2, 0.25) is 10.0 Å². The third-order valence-corrected chi connectivity index (χ3v) is 5.74. The van der Waals surface area contributed by atoms with Gasteiger partial charge < -0.3 is 20.0 Å². The molecule has 1 amide bonds. The summed E-state index contributed by atoms with van der Waals surface area (Å²) in [6, 6.07) is 11.5. The highest BCUT2D eigenvalue weighted by molar-refractivity contribution is 7.92. The number of ether oxygens (including phenoxy) is 2. The van der Waals surface area contributed by atoms with E-state index >= 15 is 0 Å². The highest BCUT2D eigenvalue weighted by Gasteiger charge is 2.22. The maximum Gasteiger partial charge on any atom is 0.255 e. The Morgan fingerprint density at radius 1 is 1.03 bits per heavy atom. The van der Waals surface area contributed by atoms with Crippen molar-refractivity contribution in [3.05, 3.63) is 76.8 Å². The third kappa shape index (κ3) is 6.63. The molecule has 0 saturated heterocycles. The summed E-state index contributed by atoms with van der Waals surface area (Å²) in [7, 11) is -2.19. The molecule has 0 bridgehead atoms. The van der Waals surface area contributed by atoms with Crippen LogP contribution in [0.3, 0.4) is 0 Å². The van der Waals surface area contributed by atoms with Gasteiger partial charge in [0.15, 0.2) is 18.1 Å². The Hall–Kier alpha value is -3.79. The van der Waals surface area contributed by atoms with Crippen molar-refractivity contribution in [2.24, 2.45) is 0 Å². The molecule has 0 radical (unpaired) electrons. The molecule has 35 heavy (non-hydrogen) atoms. The molecule has 1 heterocycles. The quantitative estimate of drug-likeness (QED) is 0.368. The Balaban J connectivity index is 1.98. The average molecular weight is 500 g/mol. The number of aryl methyl sites for hydroxylation is 1. The van der Waals surface area contributed by atoms with Crippen LogP contribution in [0.4, 0.5) is 11.4 Å². The van der Waals surface area contributed by atoms with E-state index in [2.05, 4.69) is 10.0 Å². The normalized spacial score (nSPS) is 11.6. The zero-order valence-electron chi connectivity index (χ0n) is 20.5. The number of pyridine rings is 1. The third-order valence-electron chi connectivity index (χ3n) is 5.15. The van der Waals surface area contributed by atoms with E-state index in [4.69, 9.17) is 9.47 Å². The number of amides is 1. The van der Waals surface area contributed by atoms with E-state index < -0.39 is 15.9 Å². The molecular weight excluding hydrogens is 470 g/mol. The Labute approximate surface area is 205 Å². The van der Waals surface area contributed by atoms with Crippen molar-refractivity contribution in [2.45, 2.75) is 33.1 Å². The van der Waals surface area contributed by atoms with Gasteiger partial charge in [-0.2, -0.15) is 4.73 Å². The molecule has 186 valence electrons. The van der Waals surface area contributed by atoms with Gasteiger partial charge in [-0.1, -0.05) is 26.8 Å². The summed E-state index contributed by atoms with van der Waals surface area (Å²) in [6.07, 6.45) is 3.68. The lowest BCUT2D eigenvalue weighted by molar-refractivity contribution is -0.605. The molecular formula is C25H29N3O6S. The fourth-order valence-electron chi connectivity index (χ4n) is 3.29. The zero-order chi connectivity index (χ0) is 26.0. The van der Waals surface area contributed by atoms with Crippen molar-refractivity contribution in [1.82, 2.24) is 0 Å². The predicted molar refractivity (Wildman–Crippen MR) is 135 cm³/mol. The summed E-state index contributed by atoms with van der Waals surface area (Å²) in [5.74, 6) is 0.662. The summed E-state index contributed by atoms with van der Waals surface area (Å²) < 4.78 is 38.3. The van der Waals surface area contributed by atoms with Gasteiger partial charge in [-0.05, 0) is 47.7 Å². The van der Waals surface area contributed by atoms with E-state index in [1.165, 1.54) is 31.6 Å². The van der Waals surface area contributed by atoms with Crippen LogP contribution in [0.2, 0.25) is 0 Å². The summed E-state index contributed by atoms with van der Waals surface area (Å²) in [5, 5.41) is 14.1. The van der Waals surface area contributed by atoms with Gasteiger partial charge in [-0.25, -0.2) is 8.42 Å². The van der Waals surface area contributed by atoms with Crippen LogP contribution in [0.1, 0.15) is 42.3 Å². The lowest BCUT2D eigenvalue weighted by atomic mass is 9.86. The van der Waals surface area contributed by atoms with Crippen LogP contribution in [0.25, 0.3) is 0 Å². The largest absolute Gasteiger partial charge is 0.619 e. The summed E-state index contributed by atoms with van der Waals surface area (Å²) >= 11 is 0. The molecule has 0 aliphatic rings. The number of carbonyl (C=O) groups excluding carboxylic acids is 1. The van der Waals surface area contributed by atoms with E-state index in [0.717, 1.165) is 17.4 Å². The number of hydrogen-bond donors (Lipinski definition) is 2. The lowest BCUT2D eigenvalue weighted by Gasteiger charge is -2.24. The highest BCUT2D eigenvalue weighted by Crippen LogP contribution is 2.39. The van der Waals surface area contributed by atoms with Gasteiger partial charge in [0, 0.05) is 17.7 Å². The maximum atomic E-state index is 13.2. The summed E-state index contributed by atoms with van der Waals surface area (Å²) in [6.45, 7) is 7.77. The van der Waals surface area contributed by atoms with Crippen LogP contribution in [0.15, 0.2) is 54.9 Å². The number of anilines is 2. The van der Waals surface area contributed by atoms with E-state index in [-0.39, 0.29) is 16.9 Å². The minimum Gasteiger partial charge on any atom is -0.619 e. The second-order valence-electron chi connectivity index (χ2n) is 9.16. The van der Waals surface area contributed by atoms with Crippen LogP contribution in [0.5, 0.6) is 17.2 Å². The van der Waals surface area contributed by atoms with Crippen LogP contribution in [-0.2, 0) is 15.4 Å². The molecule has 0 aliphatic heterocycles. The van der Waals surface area contributed by atoms with Crippen molar-refractivity contribution in [1.29, 1.82) is 0 Å². The molecule has 0 fully saturated rings. The van der Waals surface area contributed by atoms with Crippen molar-refractivity contribution >= 4 is 27.3 Å². The number of nitrogens with one attached hydrogen (secondary N) is 2. The van der Waals surface area contributed by atoms with Crippen LogP contribution >= 0.6 is 0 Å². The summed E-state index contributed by atoms with van der Waals surface area (Å²) in [4.78, 5) is 13.2. The van der Waals surface area contributed by atoms with Crippen LogP contribution < -0.4 is 24.2 Å². The number of aromatic nitrogens is 1. The molecule has 1 aromatic heterocycles. The number of hydrogen-bond acceptors (Lipinski definition) is 6. The fraction of sp³-hybridized carbons (Fsp3) is 0.280. The average Bonchev–Trinajstić information content (AvgIpc) is 2.75. The topological polar surface area (TPSA) is 121 Å². The first-order valence-corrected chi connectivity index (χ1v) is 12.6. The van der Waals surface area contributed by atoms with Crippen LogP contribution in [0, 0.1) is 12.1 Å². The molecule has 3 aromatic rings. The molecule has 0 saturated carbocycles.